The molecule has 10 heteroatoms. The van der Waals surface area contributed by atoms with Gasteiger partial charge in [-0.3, -0.25) is 4.79 Å². The van der Waals surface area contributed by atoms with Gasteiger partial charge in [0.1, 0.15) is 25.3 Å². The molecular weight excluding hydrogens is 410 g/mol. The van der Waals surface area contributed by atoms with Crippen molar-refractivity contribution in [1.29, 1.82) is 0 Å². The molecule has 0 saturated carbocycles. The van der Waals surface area contributed by atoms with E-state index >= 15 is 0 Å². The smallest absolute Gasteiger partial charge is 0.257 e. The van der Waals surface area contributed by atoms with Crippen LogP contribution in [0.2, 0.25) is 5.02 Å². The van der Waals surface area contributed by atoms with Gasteiger partial charge in [0.05, 0.1) is 23.4 Å². The zero-order chi connectivity index (χ0) is 21.1. The lowest BCUT2D eigenvalue weighted by Gasteiger charge is -2.24. The number of amides is 1. The lowest BCUT2D eigenvalue weighted by molar-refractivity contribution is 0.0749. The molecule has 1 aromatic heterocycles. The monoisotopic (exact) mass is 429 g/mol. The Morgan fingerprint density at radius 3 is 2.73 bits per heavy atom. The summed E-state index contributed by atoms with van der Waals surface area (Å²) in [6, 6.07) is 8.90. The van der Waals surface area contributed by atoms with Crippen LogP contribution in [0.1, 0.15) is 22.8 Å². The summed E-state index contributed by atoms with van der Waals surface area (Å²) in [4.78, 5) is 15.0. The summed E-state index contributed by atoms with van der Waals surface area (Å²) in [5.41, 5.74) is 1.81. The zero-order valence-electron chi connectivity index (χ0n) is 16.5. The van der Waals surface area contributed by atoms with Crippen molar-refractivity contribution in [2.24, 2.45) is 0 Å². The standard InChI is InChI=1S/C20H20ClN5O4/c1-3-25(11-13-4-5-17-19(8-13)30-7-6-29-17)20(27)14-9-15(21)16(10-18(14)28-2)26-12-22-23-24-26/h4-5,8-10,12H,3,6-7,11H2,1-2H3. The lowest BCUT2D eigenvalue weighted by atomic mass is 10.1. The van der Waals surface area contributed by atoms with Gasteiger partial charge in [0.15, 0.2) is 11.5 Å². The summed E-state index contributed by atoms with van der Waals surface area (Å²) in [6.45, 7) is 3.87. The van der Waals surface area contributed by atoms with Crippen LogP contribution in [0.25, 0.3) is 5.69 Å². The number of carbonyl (C=O) groups excluding carboxylic acids is 1. The minimum Gasteiger partial charge on any atom is -0.496 e. The number of benzene rings is 2. The van der Waals surface area contributed by atoms with Gasteiger partial charge in [-0.2, -0.15) is 4.68 Å². The Kier molecular flexibility index (Phi) is 5.71. The molecule has 4 rings (SSSR count). The first-order valence-corrected chi connectivity index (χ1v) is 9.77. The van der Waals surface area contributed by atoms with Crippen LogP contribution in [0.15, 0.2) is 36.7 Å². The van der Waals surface area contributed by atoms with E-state index in [1.54, 1.807) is 17.0 Å². The Balaban J connectivity index is 1.61. The van der Waals surface area contributed by atoms with Crippen molar-refractivity contribution in [1.82, 2.24) is 25.1 Å². The third-order valence-electron chi connectivity index (χ3n) is 4.74. The number of fused-ring (bicyclic) bond motifs is 1. The Hall–Kier alpha value is -3.33. The van der Waals surface area contributed by atoms with Gasteiger partial charge in [-0.05, 0) is 41.1 Å². The molecule has 1 aliphatic heterocycles. The first-order valence-electron chi connectivity index (χ1n) is 9.39. The fourth-order valence-electron chi connectivity index (χ4n) is 3.23. The summed E-state index contributed by atoms with van der Waals surface area (Å²) in [5.74, 6) is 1.59. The first kappa shape index (κ1) is 20.0. The normalized spacial score (nSPS) is 12.5. The molecule has 30 heavy (non-hydrogen) atoms. The van der Waals surface area contributed by atoms with Crippen LogP contribution in [-0.4, -0.2) is 57.9 Å². The van der Waals surface area contributed by atoms with Crippen molar-refractivity contribution in [3.8, 4) is 22.9 Å². The van der Waals surface area contributed by atoms with Gasteiger partial charge in [0.25, 0.3) is 5.91 Å². The van der Waals surface area contributed by atoms with Crippen molar-refractivity contribution in [3.63, 3.8) is 0 Å². The second-order valence-electron chi connectivity index (χ2n) is 6.56. The highest BCUT2D eigenvalue weighted by Crippen LogP contribution is 2.33. The second kappa shape index (κ2) is 8.58. The van der Waals surface area contributed by atoms with E-state index in [2.05, 4.69) is 15.5 Å². The summed E-state index contributed by atoms with van der Waals surface area (Å²) in [7, 11) is 1.50. The van der Waals surface area contributed by atoms with Crippen molar-refractivity contribution >= 4 is 17.5 Å². The van der Waals surface area contributed by atoms with Gasteiger partial charge < -0.3 is 19.1 Å². The van der Waals surface area contributed by atoms with Crippen molar-refractivity contribution in [3.05, 3.63) is 52.8 Å². The molecule has 0 unspecified atom stereocenters. The molecule has 0 radical (unpaired) electrons. The molecule has 0 aliphatic carbocycles. The van der Waals surface area contributed by atoms with Gasteiger partial charge in [0.2, 0.25) is 0 Å². The van der Waals surface area contributed by atoms with E-state index in [-0.39, 0.29) is 5.91 Å². The first-order chi connectivity index (χ1) is 14.6. The number of methoxy groups -OCH3 is 1. The maximum absolute atomic E-state index is 13.3. The van der Waals surface area contributed by atoms with E-state index in [1.807, 2.05) is 25.1 Å². The SMILES string of the molecule is CCN(Cc1ccc2c(c1)OCCO2)C(=O)c1cc(Cl)c(-n2cnnn2)cc1OC. The van der Waals surface area contributed by atoms with E-state index in [4.69, 9.17) is 25.8 Å². The topological polar surface area (TPSA) is 91.6 Å². The van der Waals surface area contributed by atoms with Crippen molar-refractivity contribution < 1.29 is 19.0 Å². The highest BCUT2D eigenvalue weighted by molar-refractivity contribution is 6.33. The number of tetrazole rings is 1. The molecule has 2 aromatic carbocycles. The van der Waals surface area contributed by atoms with Crippen LogP contribution in [0.4, 0.5) is 0 Å². The van der Waals surface area contributed by atoms with E-state index < -0.39 is 0 Å². The Morgan fingerprint density at radius 1 is 1.23 bits per heavy atom. The fourth-order valence-corrected chi connectivity index (χ4v) is 3.48. The molecule has 0 fully saturated rings. The van der Waals surface area contributed by atoms with Gasteiger partial charge in [-0.1, -0.05) is 17.7 Å². The summed E-state index contributed by atoms with van der Waals surface area (Å²) in [6.07, 6.45) is 1.42. The Bertz CT molecular complexity index is 1060. The summed E-state index contributed by atoms with van der Waals surface area (Å²) < 4.78 is 18.1. The van der Waals surface area contributed by atoms with E-state index in [1.165, 1.54) is 18.1 Å². The highest BCUT2D eigenvalue weighted by atomic mass is 35.5. The van der Waals surface area contributed by atoms with E-state index in [0.29, 0.717) is 59.8 Å². The summed E-state index contributed by atoms with van der Waals surface area (Å²) in [5, 5.41) is 11.4. The summed E-state index contributed by atoms with van der Waals surface area (Å²) >= 11 is 6.41. The maximum atomic E-state index is 13.3. The predicted molar refractivity (Wildman–Crippen MR) is 109 cm³/mol. The van der Waals surface area contributed by atoms with Crippen molar-refractivity contribution in [2.75, 3.05) is 26.9 Å². The lowest BCUT2D eigenvalue weighted by Crippen LogP contribution is -2.30. The van der Waals surface area contributed by atoms with Gasteiger partial charge in [-0.15, -0.1) is 5.10 Å². The number of halogens is 1. The van der Waals surface area contributed by atoms with E-state index in [0.717, 1.165) is 5.56 Å². The molecule has 156 valence electrons. The van der Waals surface area contributed by atoms with Crippen LogP contribution in [0, 0.1) is 0 Å². The maximum Gasteiger partial charge on any atom is 0.257 e. The average molecular weight is 430 g/mol. The minimum absolute atomic E-state index is 0.200. The van der Waals surface area contributed by atoms with E-state index in [9.17, 15) is 4.79 Å². The molecule has 9 nitrogen and oxygen atoms in total. The highest BCUT2D eigenvalue weighted by Gasteiger charge is 2.22. The number of hydrogen-bond donors (Lipinski definition) is 0. The Morgan fingerprint density at radius 2 is 2.03 bits per heavy atom. The average Bonchev–Trinajstić information content (AvgIpc) is 3.31. The number of nitrogens with zero attached hydrogens (tertiary/aromatic N) is 5. The third-order valence-corrected chi connectivity index (χ3v) is 5.05. The third kappa shape index (κ3) is 3.88. The van der Waals surface area contributed by atoms with Gasteiger partial charge in [0, 0.05) is 19.2 Å². The molecule has 2 heterocycles. The molecule has 1 amide bonds. The zero-order valence-corrected chi connectivity index (χ0v) is 17.3. The molecule has 0 atom stereocenters. The van der Waals surface area contributed by atoms with Gasteiger partial charge >= 0.3 is 0 Å². The number of aromatic nitrogens is 4. The number of rotatable bonds is 6. The molecule has 0 saturated heterocycles. The largest absolute Gasteiger partial charge is 0.496 e. The minimum atomic E-state index is -0.200. The van der Waals surface area contributed by atoms with Crippen LogP contribution in [-0.2, 0) is 6.54 Å². The van der Waals surface area contributed by atoms with Crippen LogP contribution in [0.5, 0.6) is 17.2 Å². The molecule has 1 aliphatic rings. The predicted octanol–water partition coefficient (Wildman–Crippen LogP) is 2.76. The number of ether oxygens (including phenoxy) is 3. The van der Waals surface area contributed by atoms with Crippen molar-refractivity contribution in [2.45, 2.75) is 13.5 Å². The molecular formula is C20H20ClN5O4. The fraction of sp³-hybridized carbons (Fsp3) is 0.300. The molecule has 0 N–H and O–H groups in total. The van der Waals surface area contributed by atoms with Crippen LogP contribution in [0.3, 0.4) is 0 Å². The number of carbonyl (C=O) groups is 1. The van der Waals surface area contributed by atoms with Crippen LogP contribution >= 0.6 is 11.6 Å². The number of hydrogen-bond acceptors (Lipinski definition) is 7. The van der Waals surface area contributed by atoms with Crippen LogP contribution < -0.4 is 14.2 Å². The Labute approximate surface area is 178 Å². The molecule has 3 aromatic rings. The molecule has 0 bridgehead atoms. The second-order valence-corrected chi connectivity index (χ2v) is 6.96. The molecule has 0 spiro atoms. The quantitative estimate of drug-likeness (QED) is 0.594. The van der Waals surface area contributed by atoms with Gasteiger partial charge in [-0.25, -0.2) is 0 Å².